The third kappa shape index (κ3) is 5.32. The van der Waals surface area contributed by atoms with Crippen molar-refractivity contribution in [2.75, 3.05) is 7.05 Å². The monoisotopic (exact) mass is 466 g/mol. The van der Waals surface area contributed by atoms with Crippen LogP contribution in [0.2, 0.25) is 0 Å². The van der Waals surface area contributed by atoms with Crippen molar-refractivity contribution >= 4 is 11.8 Å². The van der Waals surface area contributed by atoms with Crippen LogP contribution < -0.4 is 5.32 Å². The second-order valence-electron chi connectivity index (χ2n) is 8.88. The number of carbonyl (C=O) groups excluding carboxylic acids is 2. The van der Waals surface area contributed by atoms with E-state index in [1.807, 2.05) is 87.5 Å². The highest BCUT2D eigenvalue weighted by Crippen LogP contribution is 2.26. The Balaban J connectivity index is 1.56. The van der Waals surface area contributed by atoms with Gasteiger partial charge in [0.25, 0.3) is 11.8 Å². The summed E-state index contributed by atoms with van der Waals surface area (Å²) in [5, 5.41) is 7.77. The van der Waals surface area contributed by atoms with Gasteiger partial charge in [-0.1, -0.05) is 54.6 Å². The van der Waals surface area contributed by atoms with Gasteiger partial charge in [0.2, 0.25) is 0 Å². The number of hydrogen-bond donors (Lipinski definition) is 1. The number of hydrogen-bond acceptors (Lipinski definition) is 3. The fraction of sp³-hybridized carbons (Fsp3) is 0.207. The Morgan fingerprint density at radius 2 is 1.60 bits per heavy atom. The van der Waals surface area contributed by atoms with Gasteiger partial charge < -0.3 is 10.2 Å². The first-order valence-electron chi connectivity index (χ1n) is 11.7. The number of nitrogens with zero attached hydrogens (tertiary/aromatic N) is 3. The zero-order chi connectivity index (χ0) is 24.9. The summed E-state index contributed by atoms with van der Waals surface area (Å²) in [5.41, 5.74) is 5.54. The Labute approximate surface area is 206 Å². The van der Waals surface area contributed by atoms with E-state index in [0.29, 0.717) is 23.4 Å². The minimum Gasteiger partial charge on any atom is -0.348 e. The van der Waals surface area contributed by atoms with Gasteiger partial charge in [-0.15, -0.1) is 0 Å². The van der Waals surface area contributed by atoms with Crippen LogP contribution in [-0.4, -0.2) is 39.6 Å². The maximum Gasteiger partial charge on any atom is 0.255 e. The van der Waals surface area contributed by atoms with Crippen LogP contribution in [0.3, 0.4) is 0 Å². The summed E-state index contributed by atoms with van der Waals surface area (Å²) in [4.78, 5) is 27.5. The van der Waals surface area contributed by atoms with Crippen LogP contribution in [0, 0.1) is 6.92 Å². The molecule has 0 fully saturated rings. The highest BCUT2D eigenvalue weighted by molar-refractivity contribution is 6.00. The highest BCUT2D eigenvalue weighted by atomic mass is 16.2. The quantitative estimate of drug-likeness (QED) is 0.404. The van der Waals surface area contributed by atoms with E-state index in [1.54, 1.807) is 35.0 Å². The van der Waals surface area contributed by atoms with Gasteiger partial charge in [0, 0.05) is 37.0 Å². The number of aryl methyl sites for hydroxylation is 1. The zero-order valence-electron chi connectivity index (χ0n) is 20.5. The summed E-state index contributed by atoms with van der Waals surface area (Å²) < 4.78 is 1.74. The average molecular weight is 467 g/mol. The molecule has 0 saturated heterocycles. The number of amides is 2. The van der Waals surface area contributed by atoms with Gasteiger partial charge in [-0.2, -0.15) is 5.10 Å². The van der Waals surface area contributed by atoms with E-state index in [-0.39, 0.29) is 17.9 Å². The van der Waals surface area contributed by atoms with E-state index >= 15 is 0 Å². The molecule has 0 spiro atoms. The lowest BCUT2D eigenvalue weighted by Crippen LogP contribution is -2.32. The molecule has 2 amide bonds. The fourth-order valence-corrected chi connectivity index (χ4v) is 3.77. The second-order valence-corrected chi connectivity index (χ2v) is 8.88. The summed E-state index contributed by atoms with van der Waals surface area (Å²) in [5.74, 6) is -0.225. The van der Waals surface area contributed by atoms with Crippen LogP contribution >= 0.6 is 0 Å². The normalized spacial score (nSPS) is 10.9. The molecule has 0 atom stereocenters. The maximum absolute atomic E-state index is 13.3. The Kier molecular flexibility index (Phi) is 7.11. The number of carbonyl (C=O) groups is 2. The minimum atomic E-state index is -0.204. The Bertz CT molecular complexity index is 1320. The molecular formula is C29H30N4O2. The molecular weight excluding hydrogens is 436 g/mol. The molecule has 6 heteroatoms. The molecule has 178 valence electrons. The molecule has 1 N–H and O–H groups in total. The van der Waals surface area contributed by atoms with Crippen molar-refractivity contribution in [3.8, 4) is 16.9 Å². The molecule has 4 rings (SSSR count). The van der Waals surface area contributed by atoms with Crippen molar-refractivity contribution in [1.29, 1.82) is 0 Å². The summed E-state index contributed by atoms with van der Waals surface area (Å²) in [6, 6.07) is 25.1. The van der Waals surface area contributed by atoms with Gasteiger partial charge in [-0.3, -0.25) is 9.59 Å². The van der Waals surface area contributed by atoms with Gasteiger partial charge in [-0.25, -0.2) is 4.68 Å². The molecule has 4 aromatic rings. The topological polar surface area (TPSA) is 67.2 Å². The van der Waals surface area contributed by atoms with Crippen molar-refractivity contribution in [2.24, 2.45) is 0 Å². The third-order valence-electron chi connectivity index (χ3n) is 6.13. The van der Waals surface area contributed by atoms with Crippen LogP contribution in [0.25, 0.3) is 16.9 Å². The molecule has 0 aliphatic carbocycles. The van der Waals surface area contributed by atoms with E-state index in [2.05, 4.69) is 5.32 Å². The smallest absolute Gasteiger partial charge is 0.255 e. The lowest BCUT2D eigenvalue weighted by molar-refractivity contribution is 0.0754. The van der Waals surface area contributed by atoms with E-state index in [1.165, 1.54) is 0 Å². The molecule has 0 bridgehead atoms. The zero-order valence-corrected chi connectivity index (χ0v) is 20.5. The van der Waals surface area contributed by atoms with Crippen molar-refractivity contribution in [1.82, 2.24) is 20.0 Å². The minimum absolute atomic E-state index is 0.0215. The Morgan fingerprint density at radius 3 is 2.26 bits per heavy atom. The first kappa shape index (κ1) is 24.0. The Morgan fingerprint density at radius 1 is 0.943 bits per heavy atom. The third-order valence-corrected chi connectivity index (χ3v) is 6.13. The molecule has 0 aliphatic rings. The van der Waals surface area contributed by atoms with E-state index in [4.69, 9.17) is 5.10 Å². The molecule has 6 nitrogen and oxygen atoms in total. The molecule has 0 saturated carbocycles. The van der Waals surface area contributed by atoms with Crippen LogP contribution in [0.15, 0.2) is 85.1 Å². The number of aromatic nitrogens is 2. The first-order valence-corrected chi connectivity index (χ1v) is 11.7. The number of para-hydroxylation sites is 1. The number of benzene rings is 3. The number of nitrogens with one attached hydrogen (secondary N) is 1. The van der Waals surface area contributed by atoms with Crippen molar-refractivity contribution < 1.29 is 9.59 Å². The predicted octanol–water partition coefficient (Wildman–Crippen LogP) is 5.26. The molecule has 1 heterocycles. The van der Waals surface area contributed by atoms with Gasteiger partial charge >= 0.3 is 0 Å². The SMILES string of the molecule is Cc1ccccc1-c1nn(-c2ccccc2)cc1C(=O)NCc1ccc(C(=O)N(C)C(C)C)cc1. The fourth-order valence-electron chi connectivity index (χ4n) is 3.77. The summed E-state index contributed by atoms with van der Waals surface area (Å²) in [7, 11) is 1.79. The van der Waals surface area contributed by atoms with Crippen LogP contribution in [0.5, 0.6) is 0 Å². The second kappa shape index (κ2) is 10.4. The van der Waals surface area contributed by atoms with E-state index in [0.717, 1.165) is 22.4 Å². The van der Waals surface area contributed by atoms with Crippen LogP contribution in [0.4, 0.5) is 0 Å². The van der Waals surface area contributed by atoms with Gasteiger partial charge in [0.05, 0.1) is 11.3 Å². The van der Waals surface area contributed by atoms with Gasteiger partial charge in [0.1, 0.15) is 5.69 Å². The molecule has 3 aromatic carbocycles. The molecule has 35 heavy (non-hydrogen) atoms. The predicted molar refractivity (Wildman–Crippen MR) is 139 cm³/mol. The molecule has 0 aliphatic heterocycles. The van der Waals surface area contributed by atoms with Crippen molar-refractivity contribution in [3.63, 3.8) is 0 Å². The standard InChI is InChI=1S/C29H30N4O2/c1-20(2)32(4)29(35)23-16-14-22(15-17-23)18-30-28(34)26-19-33(24-11-6-5-7-12-24)31-27(26)25-13-9-8-10-21(25)3/h5-17,19-20H,18H2,1-4H3,(H,30,34). The summed E-state index contributed by atoms with van der Waals surface area (Å²) in [6.45, 7) is 6.31. The highest BCUT2D eigenvalue weighted by Gasteiger charge is 2.20. The maximum atomic E-state index is 13.3. The Hall–Kier alpha value is -4.19. The van der Waals surface area contributed by atoms with Gasteiger partial charge in [-0.05, 0) is 56.2 Å². The van der Waals surface area contributed by atoms with Gasteiger partial charge in [0.15, 0.2) is 0 Å². The van der Waals surface area contributed by atoms with Crippen LogP contribution in [0.1, 0.15) is 45.7 Å². The first-order chi connectivity index (χ1) is 16.8. The average Bonchev–Trinajstić information content (AvgIpc) is 3.33. The van der Waals surface area contributed by atoms with E-state index in [9.17, 15) is 9.59 Å². The molecule has 1 aromatic heterocycles. The van der Waals surface area contributed by atoms with Crippen LogP contribution in [-0.2, 0) is 6.54 Å². The largest absolute Gasteiger partial charge is 0.348 e. The lowest BCUT2D eigenvalue weighted by Gasteiger charge is -2.21. The summed E-state index contributed by atoms with van der Waals surface area (Å²) >= 11 is 0. The molecule has 0 unspecified atom stereocenters. The molecule has 0 radical (unpaired) electrons. The lowest BCUT2D eigenvalue weighted by atomic mass is 10.0. The number of rotatable bonds is 7. The summed E-state index contributed by atoms with van der Waals surface area (Å²) in [6.07, 6.45) is 1.77. The van der Waals surface area contributed by atoms with Crippen molar-refractivity contribution in [3.05, 3.63) is 107 Å². The van der Waals surface area contributed by atoms with E-state index < -0.39 is 0 Å². The van der Waals surface area contributed by atoms with Crippen molar-refractivity contribution in [2.45, 2.75) is 33.4 Å².